The van der Waals surface area contributed by atoms with Gasteiger partial charge in [0, 0.05) is 0 Å². The summed E-state index contributed by atoms with van der Waals surface area (Å²) in [6.45, 7) is 0. The van der Waals surface area contributed by atoms with Crippen molar-refractivity contribution >= 4 is 17.6 Å². The first-order valence-electron chi connectivity index (χ1n) is 0. The minimum absolute atomic E-state index is 0. The Kier molecular flexibility index (Phi) is 3830. The third-order valence-electron chi connectivity index (χ3n) is 0. The third kappa shape index (κ3) is 155. The molecule has 60 valence electrons. The molecule has 11 heavy (non-hydrogen) atoms. The minimum Gasteiger partial charge on any atom is 1.00 e. The summed E-state index contributed by atoms with van der Waals surface area (Å²) in [6.07, 6.45) is 0. The first-order valence-corrected chi connectivity index (χ1v) is 0. The van der Waals surface area contributed by atoms with Crippen molar-refractivity contribution in [3.63, 3.8) is 0 Å². The van der Waals surface area contributed by atoms with Gasteiger partial charge in [0.05, 0.1) is 0 Å². The molecule has 0 aliphatic rings. The van der Waals surface area contributed by atoms with Crippen molar-refractivity contribution in [1.82, 2.24) is 0 Å². The molecule has 0 aromatic carbocycles. The van der Waals surface area contributed by atoms with Crippen LogP contribution in [0.15, 0.2) is 0 Å². The summed E-state index contributed by atoms with van der Waals surface area (Å²) in [6, 6.07) is 0. The molecule has 0 saturated carbocycles. The van der Waals surface area contributed by atoms with Crippen LogP contribution in [0.2, 0.25) is 0 Å². The van der Waals surface area contributed by atoms with Crippen LogP contribution in [-0.2, 0) is 25.8 Å². The molecule has 0 spiro atoms. The predicted molar refractivity (Wildman–Crippen MR) is 8.54 cm³/mol. The summed E-state index contributed by atoms with van der Waals surface area (Å²) in [5.41, 5.74) is 0. The van der Waals surface area contributed by atoms with Crippen molar-refractivity contribution in [3.8, 4) is 0 Å². The molecule has 0 amide bonds. The van der Waals surface area contributed by atoms with Gasteiger partial charge in [0.1, 0.15) is 0 Å². The van der Waals surface area contributed by atoms with Crippen molar-refractivity contribution in [2.75, 3.05) is 0 Å². The molecular weight excluding hydrogens is 343 g/mol. The molecule has 0 aromatic heterocycles. The van der Waals surface area contributed by atoms with Crippen molar-refractivity contribution in [1.29, 1.82) is 0 Å². The van der Waals surface area contributed by atoms with Gasteiger partial charge in [0.25, 0.3) is 0 Å². The fourth-order valence-electron chi connectivity index (χ4n) is 0. The fraction of sp³-hybridized carbons (Fsp3) is 0. The maximum absolute atomic E-state index is 0. The molecular formula is H2F7GeLiRbSc. The van der Waals surface area contributed by atoms with Crippen LogP contribution in [0, 0.1) is 0 Å². The second-order valence-corrected chi connectivity index (χ2v) is 0. The van der Waals surface area contributed by atoms with E-state index in [1.54, 1.807) is 0 Å². The normalized spacial score (nSPS) is 0. The van der Waals surface area contributed by atoms with Crippen LogP contribution < -0.4 is 110 Å². The van der Waals surface area contributed by atoms with Crippen LogP contribution >= 0.6 is 0 Å². The molecule has 0 N–H and O–H groups in total. The molecule has 0 heterocycles. The maximum Gasteiger partial charge on any atom is 3.00 e. The van der Waals surface area contributed by atoms with Crippen LogP contribution in [0.3, 0.4) is 0 Å². The summed E-state index contributed by atoms with van der Waals surface area (Å²) < 4.78 is 0. The zero-order valence-electron chi connectivity index (χ0n) is 5.93. The summed E-state index contributed by atoms with van der Waals surface area (Å²) in [7, 11) is 0. The van der Waals surface area contributed by atoms with Crippen LogP contribution in [0.25, 0.3) is 0 Å². The van der Waals surface area contributed by atoms with E-state index < -0.39 is 0 Å². The van der Waals surface area contributed by atoms with Crippen molar-refractivity contribution in [2.45, 2.75) is 0 Å². The van der Waals surface area contributed by atoms with E-state index in [2.05, 4.69) is 0 Å². The van der Waals surface area contributed by atoms with Gasteiger partial charge in [-0.15, -0.1) is 0 Å². The summed E-state index contributed by atoms with van der Waals surface area (Å²) in [4.78, 5) is 0. The van der Waals surface area contributed by atoms with E-state index in [0.29, 0.717) is 0 Å². The average molecular weight is 345 g/mol. The molecule has 0 aliphatic heterocycles. The van der Waals surface area contributed by atoms with Crippen molar-refractivity contribution in [2.24, 2.45) is 0 Å². The Morgan fingerprint density at radius 3 is 0.455 bits per heavy atom. The Balaban J connectivity index is 0. The molecule has 0 nitrogen and oxygen atoms in total. The second kappa shape index (κ2) is 183. The van der Waals surface area contributed by atoms with Gasteiger partial charge in [0.2, 0.25) is 0 Å². The molecule has 0 aromatic rings. The molecule has 0 fully saturated rings. The van der Waals surface area contributed by atoms with Gasteiger partial charge < -0.3 is 32.9 Å². The van der Waals surface area contributed by atoms with E-state index in [4.69, 9.17) is 0 Å². The smallest absolute Gasteiger partial charge is 1.00 e. The number of hydrogen-bond donors (Lipinski definition) is 0. The minimum atomic E-state index is 0. The van der Waals surface area contributed by atoms with E-state index in [1.807, 2.05) is 0 Å². The fourth-order valence-corrected chi connectivity index (χ4v) is 0. The Labute approximate surface area is 150 Å². The van der Waals surface area contributed by atoms with Crippen LogP contribution in [0.5, 0.6) is 0 Å². The second-order valence-electron chi connectivity index (χ2n) is 0. The Morgan fingerprint density at radius 2 is 0.455 bits per heavy atom. The van der Waals surface area contributed by atoms with Gasteiger partial charge in [-0.2, -0.15) is 0 Å². The van der Waals surface area contributed by atoms with E-state index >= 15 is 0 Å². The van der Waals surface area contributed by atoms with E-state index in [0.717, 1.165) is 0 Å². The average Bonchev–Trinajstić information content (AvgIpc) is 0. The summed E-state index contributed by atoms with van der Waals surface area (Å²) >= 11 is 0. The Hall–Kier alpha value is 3.33. The van der Waals surface area contributed by atoms with E-state index in [9.17, 15) is 0 Å². The zero-order chi connectivity index (χ0) is 0. The van der Waals surface area contributed by atoms with Gasteiger partial charge >= 0.3 is 120 Å². The molecule has 0 radical (unpaired) electrons. The Bertz CT molecular complexity index is 18.4. The monoisotopic (exact) mass is 346 g/mol. The van der Waals surface area contributed by atoms with Crippen LogP contribution in [-0.4, -0.2) is 17.6 Å². The van der Waals surface area contributed by atoms with E-state index in [1.165, 1.54) is 0 Å². The number of hydrogen-bond acceptors (Lipinski definition) is 0. The molecule has 0 aliphatic carbocycles. The standard InChI is InChI=1S/7FH.GeH2.Li.Rb.Sc/h7*1H;1H2;;;/q;;;;;;;+2;2*+1;+3/p-7. The van der Waals surface area contributed by atoms with Gasteiger partial charge in [-0.1, -0.05) is 0 Å². The summed E-state index contributed by atoms with van der Waals surface area (Å²) in [5.74, 6) is 0. The van der Waals surface area contributed by atoms with Gasteiger partial charge in [-0.05, 0) is 0 Å². The predicted octanol–water partition coefficient (Wildman–Crippen LogP) is -27.9. The van der Waals surface area contributed by atoms with Gasteiger partial charge in [-0.25, -0.2) is 0 Å². The van der Waals surface area contributed by atoms with Crippen LogP contribution in [0.1, 0.15) is 0 Å². The topological polar surface area (TPSA) is 0 Å². The maximum atomic E-state index is 0. The molecule has 0 unspecified atom stereocenters. The molecule has 0 rings (SSSR count). The SMILES string of the molecule is [F-].[F-].[F-].[F-].[F-].[F-].[F-].[GeH2+2].[Li+].[Rb+].[Sc+3]. The number of rotatable bonds is 0. The quantitative estimate of drug-likeness (QED) is 0.302. The van der Waals surface area contributed by atoms with Crippen LogP contribution in [0.4, 0.5) is 0 Å². The molecule has 0 bridgehead atoms. The molecule has 11 heteroatoms. The van der Waals surface area contributed by atoms with Crippen molar-refractivity contribution < 1.29 is 136 Å². The third-order valence-corrected chi connectivity index (χ3v) is 0. The number of halogens is 7. The van der Waals surface area contributed by atoms with Gasteiger partial charge in [0.15, 0.2) is 0 Å². The van der Waals surface area contributed by atoms with Crippen molar-refractivity contribution in [3.05, 3.63) is 0 Å². The first-order chi connectivity index (χ1) is 0. The summed E-state index contributed by atoms with van der Waals surface area (Å²) in [5, 5.41) is 0. The molecule has 0 atom stereocenters. The largest absolute Gasteiger partial charge is 3.00 e. The van der Waals surface area contributed by atoms with E-state index in [-0.39, 0.29) is 153 Å². The molecule has 0 saturated heterocycles. The van der Waals surface area contributed by atoms with Gasteiger partial charge in [-0.3, -0.25) is 0 Å². The Morgan fingerprint density at radius 1 is 0.455 bits per heavy atom. The zero-order valence-corrected chi connectivity index (χ0v) is 15.6. The first kappa shape index (κ1) is 230.